The minimum Gasteiger partial charge on any atom is -0.477 e. The number of aryl methyl sites for hydroxylation is 1. The van der Waals surface area contributed by atoms with Crippen molar-refractivity contribution in [3.05, 3.63) is 59.5 Å². The van der Waals surface area contributed by atoms with Crippen LogP contribution in [0.15, 0.2) is 47.0 Å². The lowest BCUT2D eigenvalue weighted by atomic mass is 10.1. The maximum absolute atomic E-state index is 13.0. The molecule has 1 amide bonds. The van der Waals surface area contributed by atoms with E-state index in [0.717, 1.165) is 42.1 Å². The quantitative estimate of drug-likeness (QED) is 0.671. The highest BCUT2D eigenvalue weighted by Gasteiger charge is 2.32. The van der Waals surface area contributed by atoms with Crippen LogP contribution in [0.5, 0.6) is 5.88 Å². The van der Waals surface area contributed by atoms with Crippen molar-refractivity contribution in [1.82, 2.24) is 20.3 Å². The summed E-state index contributed by atoms with van der Waals surface area (Å²) in [6.07, 6.45) is 1.86. The first-order valence-electron chi connectivity index (χ1n) is 9.47. The normalized spacial score (nSPS) is 16.4. The first-order valence-corrected chi connectivity index (χ1v) is 9.47. The molecule has 3 aromatic rings. The van der Waals surface area contributed by atoms with E-state index < -0.39 is 0 Å². The lowest BCUT2D eigenvalue weighted by molar-refractivity contribution is 0.0731. The average molecular weight is 378 g/mol. The zero-order chi connectivity index (χ0) is 19.5. The molecule has 7 heteroatoms. The number of amides is 1. The molecule has 0 radical (unpaired) electrons. The molecule has 0 saturated carbocycles. The van der Waals surface area contributed by atoms with E-state index in [4.69, 9.17) is 9.26 Å². The Balaban J connectivity index is 1.50. The van der Waals surface area contributed by atoms with Crippen molar-refractivity contribution in [2.24, 2.45) is 0 Å². The molecule has 1 saturated heterocycles. The maximum Gasteiger partial charge on any atom is 0.254 e. The summed E-state index contributed by atoms with van der Waals surface area (Å²) >= 11 is 0. The van der Waals surface area contributed by atoms with Crippen molar-refractivity contribution in [2.75, 3.05) is 13.2 Å². The van der Waals surface area contributed by atoms with Gasteiger partial charge in [-0.05, 0) is 44.9 Å². The Labute approximate surface area is 163 Å². The van der Waals surface area contributed by atoms with Crippen LogP contribution in [0.4, 0.5) is 0 Å². The van der Waals surface area contributed by atoms with Crippen LogP contribution in [0.2, 0.25) is 0 Å². The van der Waals surface area contributed by atoms with Crippen molar-refractivity contribution in [3.8, 4) is 17.1 Å². The summed E-state index contributed by atoms with van der Waals surface area (Å²) in [4.78, 5) is 14.9. The molecule has 0 aliphatic carbocycles. The molecule has 4 rings (SSSR count). The van der Waals surface area contributed by atoms with Crippen molar-refractivity contribution in [1.29, 1.82) is 0 Å². The Morgan fingerprint density at radius 2 is 2.04 bits per heavy atom. The number of nitrogens with zero attached hydrogens (tertiary/aromatic N) is 4. The van der Waals surface area contributed by atoms with E-state index in [1.54, 1.807) is 6.07 Å². The summed E-state index contributed by atoms with van der Waals surface area (Å²) in [6.45, 7) is 5.04. The fourth-order valence-corrected chi connectivity index (χ4v) is 3.51. The molecule has 0 N–H and O–H groups in total. The summed E-state index contributed by atoms with van der Waals surface area (Å²) in [6, 6.07) is 13.0. The number of aromatic nitrogens is 3. The summed E-state index contributed by atoms with van der Waals surface area (Å²) in [7, 11) is 0. The number of benzene rings is 1. The van der Waals surface area contributed by atoms with Gasteiger partial charge >= 0.3 is 0 Å². The van der Waals surface area contributed by atoms with E-state index in [-0.39, 0.29) is 11.9 Å². The minimum absolute atomic E-state index is 0.00693. The second kappa shape index (κ2) is 7.80. The van der Waals surface area contributed by atoms with Crippen molar-refractivity contribution in [3.63, 3.8) is 0 Å². The molecule has 144 valence electrons. The van der Waals surface area contributed by atoms with E-state index in [9.17, 15) is 4.79 Å². The Kier molecular flexibility index (Phi) is 5.06. The van der Waals surface area contributed by atoms with Gasteiger partial charge in [-0.25, -0.2) is 0 Å². The predicted octanol–water partition coefficient (Wildman–Crippen LogP) is 3.82. The molecule has 0 bridgehead atoms. The Morgan fingerprint density at radius 1 is 1.21 bits per heavy atom. The van der Waals surface area contributed by atoms with Crippen LogP contribution in [0, 0.1) is 6.92 Å². The van der Waals surface area contributed by atoms with Gasteiger partial charge in [0.15, 0.2) is 0 Å². The molecule has 7 nitrogen and oxygen atoms in total. The number of hydrogen-bond acceptors (Lipinski definition) is 6. The van der Waals surface area contributed by atoms with Gasteiger partial charge in [-0.15, -0.1) is 10.2 Å². The van der Waals surface area contributed by atoms with Gasteiger partial charge in [-0.3, -0.25) is 4.79 Å². The van der Waals surface area contributed by atoms with E-state index in [2.05, 4.69) is 15.4 Å². The minimum atomic E-state index is -0.0263. The highest BCUT2D eigenvalue weighted by Crippen LogP contribution is 2.33. The third kappa shape index (κ3) is 3.60. The second-order valence-corrected chi connectivity index (χ2v) is 6.79. The van der Waals surface area contributed by atoms with Gasteiger partial charge < -0.3 is 14.2 Å². The topological polar surface area (TPSA) is 81.4 Å². The third-order valence-corrected chi connectivity index (χ3v) is 4.86. The molecule has 1 aliphatic heterocycles. The highest BCUT2D eigenvalue weighted by molar-refractivity contribution is 5.95. The first-order chi connectivity index (χ1) is 13.7. The lowest BCUT2D eigenvalue weighted by Gasteiger charge is -2.23. The second-order valence-electron chi connectivity index (χ2n) is 6.79. The Morgan fingerprint density at radius 3 is 2.68 bits per heavy atom. The zero-order valence-corrected chi connectivity index (χ0v) is 16.0. The molecule has 1 unspecified atom stereocenters. The standard InChI is InChI=1S/C21H22N4O3/c1-3-27-20-11-10-17(22-23-20)15-6-8-16(9-7-15)21(26)25-12-4-5-19(25)18-13-14(2)28-24-18/h6-11,13,19H,3-5,12H2,1-2H3. The summed E-state index contributed by atoms with van der Waals surface area (Å²) in [5.41, 5.74) is 3.11. The fourth-order valence-electron chi connectivity index (χ4n) is 3.51. The Hall–Kier alpha value is -3.22. The molecule has 1 aliphatic rings. The average Bonchev–Trinajstić information content (AvgIpc) is 3.37. The van der Waals surface area contributed by atoms with E-state index in [1.165, 1.54) is 0 Å². The molecule has 0 spiro atoms. The smallest absolute Gasteiger partial charge is 0.254 e. The molecular weight excluding hydrogens is 356 g/mol. The maximum atomic E-state index is 13.0. The molecular formula is C21H22N4O3. The molecule has 3 heterocycles. The first kappa shape index (κ1) is 18.2. The van der Waals surface area contributed by atoms with Crippen molar-refractivity contribution >= 4 is 5.91 Å². The van der Waals surface area contributed by atoms with Gasteiger partial charge in [-0.1, -0.05) is 17.3 Å². The van der Waals surface area contributed by atoms with Crippen LogP contribution in [-0.2, 0) is 0 Å². The number of rotatable bonds is 5. The number of likely N-dealkylation sites (tertiary alicyclic amines) is 1. The third-order valence-electron chi connectivity index (χ3n) is 4.86. The van der Waals surface area contributed by atoms with Crippen LogP contribution in [0.25, 0.3) is 11.3 Å². The summed E-state index contributed by atoms with van der Waals surface area (Å²) in [5, 5.41) is 12.3. The van der Waals surface area contributed by atoms with Crippen LogP contribution >= 0.6 is 0 Å². The van der Waals surface area contributed by atoms with Gasteiger partial charge in [0.2, 0.25) is 5.88 Å². The highest BCUT2D eigenvalue weighted by atomic mass is 16.5. The van der Waals surface area contributed by atoms with Crippen LogP contribution in [0.3, 0.4) is 0 Å². The molecule has 28 heavy (non-hydrogen) atoms. The predicted molar refractivity (Wildman–Crippen MR) is 103 cm³/mol. The lowest BCUT2D eigenvalue weighted by Crippen LogP contribution is -2.30. The monoisotopic (exact) mass is 378 g/mol. The number of carbonyl (C=O) groups excluding carboxylic acids is 1. The van der Waals surface area contributed by atoms with Gasteiger partial charge in [0.25, 0.3) is 5.91 Å². The molecule has 1 fully saturated rings. The van der Waals surface area contributed by atoms with Crippen LogP contribution in [0.1, 0.15) is 47.6 Å². The summed E-state index contributed by atoms with van der Waals surface area (Å²) < 4.78 is 10.5. The van der Waals surface area contributed by atoms with Gasteiger partial charge in [0.1, 0.15) is 11.5 Å². The SMILES string of the molecule is CCOc1ccc(-c2ccc(C(=O)N3CCCC3c3cc(C)on3)cc2)nn1. The van der Waals surface area contributed by atoms with E-state index in [1.807, 2.05) is 55.1 Å². The summed E-state index contributed by atoms with van der Waals surface area (Å²) in [5.74, 6) is 1.27. The Bertz CT molecular complexity index is 951. The molecule has 2 aromatic heterocycles. The van der Waals surface area contributed by atoms with Crippen molar-refractivity contribution < 1.29 is 14.1 Å². The van der Waals surface area contributed by atoms with Crippen molar-refractivity contribution in [2.45, 2.75) is 32.7 Å². The number of hydrogen-bond donors (Lipinski definition) is 0. The van der Waals surface area contributed by atoms with Crippen LogP contribution < -0.4 is 4.74 Å². The molecule has 1 atom stereocenters. The van der Waals surface area contributed by atoms with Gasteiger partial charge in [0, 0.05) is 29.8 Å². The van der Waals surface area contributed by atoms with Gasteiger partial charge in [-0.2, -0.15) is 0 Å². The van der Waals surface area contributed by atoms with Crippen LogP contribution in [-0.4, -0.2) is 39.3 Å². The largest absolute Gasteiger partial charge is 0.477 e. The fraction of sp³-hybridized carbons (Fsp3) is 0.333. The number of carbonyl (C=O) groups is 1. The molecule has 1 aromatic carbocycles. The zero-order valence-electron chi connectivity index (χ0n) is 16.0. The van der Waals surface area contributed by atoms with E-state index >= 15 is 0 Å². The van der Waals surface area contributed by atoms with Gasteiger partial charge in [0.05, 0.1) is 18.3 Å². The van der Waals surface area contributed by atoms with E-state index in [0.29, 0.717) is 18.1 Å². The number of ether oxygens (including phenoxy) is 1.